The van der Waals surface area contributed by atoms with Gasteiger partial charge in [0.05, 0.1) is 14.6 Å². The number of halogens is 1. The first-order chi connectivity index (χ1) is 7.58. The average molecular weight is 351 g/mol. The van der Waals surface area contributed by atoms with Gasteiger partial charge in [-0.3, -0.25) is 4.79 Å². The van der Waals surface area contributed by atoms with E-state index in [1.54, 1.807) is 11.3 Å². The van der Waals surface area contributed by atoms with Crippen LogP contribution in [-0.2, 0) is 0 Å². The summed E-state index contributed by atoms with van der Waals surface area (Å²) in [7, 11) is 0. The third kappa shape index (κ3) is 2.57. The van der Waals surface area contributed by atoms with Crippen molar-refractivity contribution in [3.8, 4) is 0 Å². The van der Waals surface area contributed by atoms with Crippen LogP contribution in [0.3, 0.4) is 0 Å². The molecule has 16 heavy (non-hydrogen) atoms. The number of likely N-dealkylation sites (tertiary alicyclic amines) is 1. The highest BCUT2D eigenvalue weighted by molar-refractivity contribution is 14.1. The Kier molecular flexibility index (Phi) is 3.86. The molecular formula is C11H14INO2S. The monoisotopic (exact) mass is 351 g/mol. The highest BCUT2D eigenvalue weighted by Crippen LogP contribution is 2.22. The van der Waals surface area contributed by atoms with E-state index in [2.05, 4.69) is 22.6 Å². The minimum absolute atomic E-state index is 0.0953. The Labute approximate surface area is 113 Å². The predicted molar refractivity (Wildman–Crippen MR) is 72.7 cm³/mol. The molecule has 2 unspecified atom stereocenters. The van der Waals surface area contributed by atoms with E-state index in [0.717, 1.165) is 8.45 Å². The Morgan fingerprint density at radius 1 is 1.69 bits per heavy atom. The second-order valence-electron chi connectivity index (χ2n) is 4.22. The van der Waals surface area contributed by atoms with Crippen molar-refractivity contribution >= 4 is 39.8 Å². The second-order valence-corrected chi connectivity index (χ2v) is 7.03. The fraction of sp³-hybridized carbons (Fsp3) is 0.545. The quantitative estimate of drug-likeness (QED) is 0.788. The zero-order valence-electron chi connectivity index (χ0n) is 9.02. The van der Waals surface area contributed by atoms with E-state index in [1.165, 1.54) is 0 Å². The van der Waals surface area contributed by atoms with E-state index in [4.69, 9.17) is 0 Å². The van der Waals surface area contributed by atoms with Crippen LogP contribution in [-0.4, -0.2) is 35.1 Å². The number of carbonyl (C=O) groups is 1. The summed E-state index contributed by atoms with van der Waals surface area (Å²) >= 11 is 3.81. The van der Waals surface area contributed by atoms with Crippen molar-refractivity contribution in [3.63, 3.8) is 0 Å². The second kappa shape index (κ2) is 5.01. The topological polar surface area (TPSA) is 40.5 Å². The lowest BCUT2D eigenvalue weighted by Gasteiger charge is -2.34. The molecule has 1 aliphatic heterocycles. The fourth-order valence-electron chi connectivity index (χ4n) is 1.92. The van der Waals surface area contributed by atoms with E-state index in [1.807, 2.05) is 23.3 Å². The van der Waals surface area contributed by atoms with E-state index in [9.17, 15) is 9.90 Å². The Bertz CT molecular complexity index is 393. The highest BCUT2D eigenvalue weighted by atomic mass is 127. The normalized spacial score (nSPS) is 25.8. The largest absolute Gasteiger partial charge is 0.393 e. The van der Waals surface area contributed by atoms with Gasteiger partial charge in [-0.2, -0.15) is 0 Å². The Morgan fingerprint density at radius 2 is 2.44 bits per heavy atom. The summed E-state index contributed by atoms with van der Waals surface area (Å²) in [5.41, 5.74) is 0.776. The van der Waals surface area contributed by atoms with Crippen LogP contribution in [0.5, 0.6) is 0 Å². The highest BCUT2D eigenvalue weighted by Gasteiger charge is 2.27. The summed E-state index contributed by atoms with van der Waals surface area (Å²) in [6.45, 7) is 3.31. The molecule has 0 bridgehead atoms. The Morgan fingerprint density at radius 3 is 3.00 bits per heavy atom. The number of thiophene rings is 1. The van der Waals surface area contributed by atoms with Gasteiger partial charge in [-0.05, 0) is 41.0 Å². The molecule has 1 aliphatic rings. The maximum atomic E-state index is 12.1. The third-order valence-corrected chi connectivity index (χ3v) is 4.75. The number of piperidine rings is 1. The van der Waals surface area contributed by atoms with Crippen molar-refractivity contribution in [3.05, 3.63) is 19.9 Å². The molecule has 3 nitrogen and oxygen atoms in total. The fourth-order valence-corrected chi connectivity index (χ4v) is 3.24. The first-order valence-corrected chi connectivity index (χ1v) is 7.25. The lowest BCUT2D eigenvalue weighted by atomic mass is 9.96. The Hall–Kier alpha value is -0.140. The van der Waals surface area contributed by atoms with Crippen molar-refractivity contribution in [2.75, 3.05) is 13.1 Å². The number of hydrogen-bond donors (Lipinski definition) is 1. The van der Waals surface area contributed by atoms with Gasteiger partial charge in [0.15, 0.2) is 0 Å². The van der Waals surface area contributed by atoms with Crippen molar-refractivity contribution < 1.29 is 9.90 Å². The molecule has 1 fully saturated rings. The maximum absolute atomic E-state index is 12.1. The van der Waals surface area contributed by atoms with Gasteiger partial charge in [0, 0.05) is 18.5 Å². The minimum atomic E-state index is -0.258. The van der Waals surface area contributed by atoms with Crippen molar-refractivity contribution in [1.29, 1.82) is 0 Å². The number of aliphatic hydroxyl groups is 1. The molecule has 0 radical (unpaired) electrons. The van der Waals surface area contributed by atoms with Crippen LogP contribution < -0.4 is 0 Å². The molecular weight excluding hydrogens is 337 g/mol. The number of carbonyl (C=O) groups excluding carboxylic acids is 1. The zero-order valence-corrected chi connectivity index (χ0v) is 12.0. The van der Waals surface area contributed by atoms with Crippen molar-refractivity contribution in [2.45, 2.75) is 19.4 Å². The molecule has 0 saturated carbocycles. The van der Waals surface area contributed by atoms with Crippen LogP contribution in [0.4, 0.5) is 0 Å². The lowest BCUT2D eigenvalue weighted by molar-refractivity contribution is 0.0298. The van der Waals surface area contributed by atoms with Crippen LogP contribution in [0.15, 0.2) is 11.4 Å². The standard InChI is InChI=1S/C11H14INO2S/c1-7-5-13(3-2-9(7)14)11(15)8-4-10(12)16-6-8/h4,6-7,9,14H,2-3,5H2,1H3. The molecule has 5 heteroatoms. The third-order valence-electron chi connectivity index (χ3n) is 2.96. The van der Waals surface area contributed by atoms with Gasteiger partial charge in [-0.15, -0.1) is 11.3 Å². The Balaban J connectivity index is 2.06. The predicted octanol–water partition coefficient (Wildman–Crippen LogP) is 2.20. The number of nitrogens with zero attached hydrogens (tertiary/aromatic N) is 1. The van der Waals surface area contributed by atoms with Crippen LogP contribution in [0.25, 0.3) is 0 Å². The number of hydrogen-bond acceptors (Lipinski definition) is 3. The molecule has 2 atom stereocenters. The van der Waals surface area contributed by atoms with Crippen LogP contribution >= 0.6 is 33.9 Å². The molecule has 2 rings (SSSR count). The number of aliphatic hydroxyl groups excluding tert-OH is 1. The molecule has 88 valence electrons. The van der Waals surface area contributed by atoms with Gasteiger partial charge < -0.3 is 10.0 Å². The number of rotatable bonds is 1. The molecule has 0 aromatic carbocycles. The molecule has 1 aromatic heterocycles. The molecule has 1 aromatic rings. The summed E-state index contributed by atoms with van der Waals surface area (Å²) in [4.78, 5) is 14.0. The van der Waals surface area contributed by atoms with Crippen LogP contribution in [0.1, 0.15) is 23.7 Å². The summed E-state index contributed by atoms with van der Waals surface area (Å²) in [5.74, 6) is 0.272. The minimum Gasteiger partial charge on any atom is -0.393 e. The summed E-state index contributed by atoms with van der Waals surface area (Å²) in [6, 6.07) is 1.92. The van der Waals surface area contributed by atoms with Crippen molar-refractivity contribution in [1.82, 2.24) is 4.90 Å². The van der Waals surface area contributed by atoms with Crippen LogP contribution in [0.2, 0.25) is 0 Å². The molecule has 2 heterocycles. The lowest BCUT2D eigenvalue weighted by Crippen LogP contribution is -2.44. The number of amides is 1. The van der Waals surface area contributed by atoms with Gasteiger partial charge in [-0.25, -0.2) is 0 Å². The average Bonchev–Trinajstić information content (AvgIpc) is 2.68. The van der Waals surface area contributed by atoms with Gasteiger partial charge in [0.1, 0.15) is 0 Å². The van der Waals surface area contributed by atoms with Gasteiger partial charge in [0.25, 0.3) is 5.91 Å². The van der Waals surface area contributed by atoms with Gasteiger partial charge >= 0.3 is 0 Å². The van der Waals surface area contributed by atoms with Crippen LogP contribution in [0, 0.1) is 8.80 Å². The molecule has 0 aliphatic carbocycles. The summed E-state index contributed by atoms with van der Waals surface area (Å²) in [5, 5.41) is 11.5. The maximum Gasteiger partial charge on any atom is 0.254 e. The van der Waals surface area contributed by atoms with E-state index < -0.39 is 0 Å². The van der Waals surface area contributed by atoms with E-state index >= 15 is 0 Å². The summed E-state index contributed by atoms with van der Waals surface area (Å²) < 4.78 is 1.13. The first-order valence-electron chi connectivity index (χ1n) is 5.29. The van der Waals surface area contributed by atoms with E-state index in [0.29, 0.717) is 19.5 Å². The van der Waals surface area contributed by atoms with E-state index in [-0.39, 0.29) is 17.9 Å². The first kappa shape index (κ1) is 12.3. The zero-order chi connectivity index (χ0) is 11.7. The van der Waals surface area contributed by atoms with Gasteiger partial charge in [0.2, 0.25) is 0 Å². The molecule has 1 N–H and O–H groups in total. The smallest absolute Gasteiger partial charge is 0.254 e. The SMILES string of the molecule is CC1CN(C(=O)c2csc(I)c2)CCC1O. The van der Waals surface area contributed by atoms with Gasteiger partial charge in [-0.1, -0.05) is 6.92 Å². The summed E-state index contributed by atoms with van der Waals surface area (Å²) in [6.07, 6.45) is 0.431. The molecule has 1 saturated heterocycles. The van der Waals surface area contributed by atoms with Crippen molar-refractivity contribution in [2.24, 2.45) is 5.92 Å². The molecule has 1 amide bonds. The molecule has 0 spiro atoms.